The lowest BCUT2D eigenvalue weighted by atomic mass is 9.97. The van der Waals surface area contributed by atoms with Crippen LogP contribution >= 0.6 is 11.3 Å². The highest BCUT2D eigenvalue weighted by atomic mass is 32.1. The van der Waals surface area contributed by atoms with Crippen molar-refractivity contribution in [1.82, 2.24) is 9.80 Å². The van der Waals surface area contributed by atoms with Crippen LogP contribution in [0.2, 0.25) is 0 Å². The summed E-state index contributed by atoms with van der Waals surface area (Å²) in [5.41, 5.74) is 2.34. The van der Waals surface area contributed by atoms with Gasteiger partial charge in [0.25, 0.3) is 0 Å². The maximum atomic E-state index is 13.0. The highest BCUT2D eigenvalue weighted by molar-refractivity contribution is 7.24. The molecule has 2 aliphatic rings. The number of benzene rings is 2. The molecule has 3 heterocycles. The summed E-state index contributed by atoms with van der Waals surface area (Å²) in [4.78, 5) is 18.3. The van der Waals surface area contributed by atoms with Crippen molar-refractivity contribution in [3.8, 4) is 0 Å². The van der Waals surface area contributed by atoms with E-state index in [2.05, 4.69) is 41.5 Å². The van der Waals surface area contributed by atoms with Gasteiger partial charge in [-0.05, 0) is 68.1 Å². The molecule has 4 heteroatoms. The minimum absolute atomic E-state index is 0.131. The summed E-state index contributed by atoms with van der Waals surface area (Å²) in [5.74, 6) is 0. The fourth-order valence-electron chi connectivity index (χ4n) is 4.95. The first-order valence-electron chi connectivity index (χ1n) is 10.3. The SMILES string of the molecule is C=C(c1ccc2sc3ccccc3c(=O)c2c1)C(C)N1CCCN2CCCC21. The van der Waals surface area contributed by atoms with E-state index in [1.165, 1.54) is 32.4 Å². The Hall–Kier alpha value is -2.01. The van der Waals surface area contributed by atoms with Gasteiger partial charge in [0.1, 0.15) is 0 Å². The Kier molecular flexibility index (Phi) is 4.58. The third kappa shape index (κ3) is 2.91. The lowest BCUT2D eigenvalue weighted by Crippen LogP contribution is -2.53. The Balaban J connectivity index is 1.51. The Morgan fingerprint density at radius 1 is 1.07 bits per heavy atom. The molecule has 0 bridgehead atoms. The third-order valence-electron chi connectivity index (χ3n) is 6.52. The average molecular weight is 391 g/mol. The second-order valence-electron chi connectivity index (χ2n) is 8.09. The molecule has 5 rings (SSSR count). The number of hydrogen-bond acceptors (Lipinski definition) is 4. The van der Waals surface area contributed by atoms with Gasteiger partial charge in [-0.1, -0.05) is 24.8 Å². The van der Waals surface area contributed by atoms with Crippen molar-refractivity contribution in [3.63, 3.8) is 0 Å². The van der Waals surface area contributed by atoms with Crippen LogP contribution in [0.15, 0.2) is 53.8 Å². The fourth-order valence-corrected chi connectivity index (χ4v) is 6.00. The topological polar surface area (TPSA) is 23.6 Å². The molecule has 2 aliphatic heterocycles. The molecule has 144 valence electrons. The summed E-state index contributed by atoms with van der Waals surface area (Å²) in [6, 6.07) is 14.5. The first-order chi connectivity index (χ1) is 13.6. The molecule has 2 atom stereocenters. The molecule has 28 heavy (non-hydrogen) atoms. The van der Waals surface area contributed by atoms with Crippen molar-refractivity contribution in [2.45, 2.75) is 38.4 Å². The Bertz CT molecular complexity index is 1120. The van der Waals surface area contributed by atoms with Gasteiger partial charge >= 0.3 is 0 Å². The van der Waals surface area contributed by atoms with Gasteiger partial charge in [-0.3, -0.25) is 14.6 Å². The molecule has 0 spiro atoms. The molecule has 3 aromatic rings. The van der Waals surface area contributed by atoms with E-state index in [0.717, 1.165) is 37.9 Å². The van der Waals surface area contributed by atoms with Crippen LogP contribution in [0.4, 0.5) is 0 Å². The largest absolute Gasteiger partial charge is 0.289 e. The number of nitrogens with zero attached hydrogens (tertiary/aromatic N) is 2. The minimum atomic E-state index is 0.131. The predicted molar refractivity (Wildman–Crippen MR) is 120 cm³/mol. The van der Waals surface area contributed by atoms with Gasteiger partial charge in [-0.15, -0.1) is 11.3 Å². The first-order valence-corrected chi connectivity index (χ1v) is 11.1. The fraction of sp³-hybridized carbons (Fsp3) is 0.375. The standard InChI is InChI=1S/C24H26N2OS/c1-16(17(2)26-14-6-13-25-12-5-9-23(25)26)18-10-11-22-20(15-18)24(27)19-7-3-4-8-21(19)28-22/h3-4,7-8,10-11,15,17,23H,1,5-6,9,12-14H2,2H3. The molecule has 3 nitrogen and oxygen atoms in total. The summed E-state index contributed by atoms with van der Waals surface area (Å²) >= 11 is 1.69. The van der Waals surface area contributed by atoms with Gasteiger partial charge in [0, 0.05) is 39.3 Å². The summed E-state index contributed by atoms with van der Waals surface area (Å²) in [6.45, 7) is 10.3. The monoisotopic (exact) mass is 390 g/mol. The van der Waals surface area contributed by atoms with Crippen LogP contribution in [0.25, 0.3) is 25.7 Å². The molecule has 2 fully saturated rings. The summed E-state index contributed by atoms with van der Waals surface area (Å²) in [5, 5.41) is 1.63. The van der Waals surface area contributed by atoms with E-state index in [9.17, 15) is 4.79 Å². The van der Waals surface area contributed by atoms with Gasteiger partial charge in [0.15, 0.2) is 5.43 Å². The van der Waals surface area contributed by atoms with E-state index in [0.29, 0.717) is 6.17 Å². The summed E-state index contributed by atoms with van der Waals surface area (Å²) in [7, 11) is 0. The van der Waals surface area contributed by atoms with Crippen LogP contribution in [0.5, 0.6) is 0 Å². The van der Waals surface area contributed by atoms with Crippen molar-refractivity contribution >= 4 is 37.1 Å². The molecular formula is C24H26N2OS. The van der Waals surface area contributed by atoms with E-state index in [4.69, 9.17) is 0 Å². The second-order valence-corrected chi connectivity index (χ2v) is 9.17. The molecule has 2 unspecified atom stereocenters. The Morgan fingerprint density at radius 3 is 2.75 bits per heavy atom. The van der Waals surface area contributed by atoms with Gasteiger partial charge in [0.2, 0.25) is 0 Å². The van der Waals surface area contributed by atoms with Crippen LogP contribution < -0.4 is 5.43 Å². The van der Waals surface area contributed by atoms with Crippen molar-refractivity contribution in [2.75, 3.05) is 19.6 Å². The summed E-state index contributed by atoms with van der Waals surface area (Å²) in [6.07, 6.45) is 4.34. The predicted octanol–water partition coefficient (Wildman–Crippen LogP) is 4.94. The average Bonchev–Trinajstić information content (AvgIpc) is 3.22. The molecule has 0 N–H and O–H groups in total. The maximum absolute atomic E-state index is 13.0. The zero-order valence-electron chi connectivity index (χ0n) is 16.4. The highest BCUT2D eigenvalue weighted by Crippen LogP contribution is 2.32. The molecular weight excluding hydrogens is 364 g/mol. The smallest absolute Gasteiger partial charge is 0.195 e. The molecule has 2 aromatic carbocycles. The number of fused-ring (bicyclic) bond motifs is 3. The molecule has 0 aliphatic carbocycles. The number of hydrogen-bond donors (Lipinski definition) is 0. The highest BCUT2D eigenvalue weighted by Gasteiger charge is 2.35. The van der Waals surface area contributed by atoms with Crippen molar-refractivity contribution in [3.05, 3.63) is 64.8 Å². The first kappa shape index (κ1) is 18.0. The molecule has 0 saturated carbocycles. The van der Waals surface area contributed by atoms with Crippen LogP contribution in [0, 0.1) is 0 Å². The zero-order valence-corrected chi connectivity index (χ0v) is 17.2. The Morgan fingerprint density at radius 2 is 1.86 bits per heavy atom. The van der Waals surface area contributed by atoms with Crippen molar-refractivity contribution in [1.29, 1.82) is 0 Å². The van der Waals surface area contributed by atoms with E-state index < -0.39 is 0 Å². The van der Waals surface area contributed by atoms with Crippen molar-refractivity contribution in [2.24, 2.45) is 0 Å². The van der Waals surface area contributed by atoms with Crippen LogP contribution in [0.3, 0.4) is 0 Å². The van der Waals surface area contributed by atoms with E-state index in [1.807, 2.05) is 24.3 Å². The van der Waals surface area contributed by atoms with Gasteiger partial charge in [-0.25, -0.2) is 0 Å². The van der Waals surface area contributed by atoms with Crippen LogP contribution in [-0.2, 0) is 0 Å². The Labute approximate surface area is 169 Å². The van der Waals surface area contributed by atoms with Crippen LogP contribution in [-0.4, -0.2) is 41.6 Å². The van der Waals surface area contributed by atoms with Crippen molar-refractivity contribution < 1.29 is 0 Å². The molecule has 2 saturated heterocycles. The second kappa shape index (κ2) is 7.11. The van der Waals surface area contributed by atoms with E-state index in [-0.39, 0.29) is 11.5 Å². The lowest BCUT2D eigenvalue weighted by molar-refractivity contribution is 0.0226. The zero-order chi connectivity index (χ0) is 19.3. The lowest BCUT2D eigenvalue weighted by Gasteiger charge is -2.44. The molecule has 0 amide bonds. The molecule has 0 radical (unpaired) electrons. The minimum Gasteiger partial charge on any atom is -0.289 e. The third-order valence-corrected chi connectivity index (χ3v) is 7.67. The van der Waals surface area contributed by atoms with Gasteiger partial charge in [-0.2, -0.15) is 0 Å². The summed E-state index contributed by atoms with van der Waals surface area (Å²) < 4.78 is 2.10. The van der Waals surface area contributed by atoms with Gasteiger partial charge in [0.05, 0.1) is 6.17 Å². The van der Waals surface area contributed by atoms with E-state index >= 15 is 0 Å². The quantitative estimate of drug-likeness (QED) is 0.592. The van der Waals surface area contributed by atoms with Gasteiger partial charge < -0.3 is 0 Å². The molecule has 1 aromatic heterocycles. The van der Waals surface area contributed by atoms with E-state index in [1.54, 1.807) is 11.3 Å². The maximum Gasteiger partial charge on any atom is 0.195 e. The number of rotatable bonds is 3. The van der Waals surface area contributed by atoms with Crippen LogP contribution in [0.1, 0.15) is 31.7 Å². The normalized spacial score (nSPS) is 21.8.